The van der Waals surface area contributed by atoms with E-state index in [2.05, 4.69) is 209 Å². The summed E-state index contributed by atoms with van der Waals surface area (Å²) in [5.74, 6) is 2.34. The Morgan fingerprint density at radius 3 is 0.969 bits per heavy atom. The molecule has 0 N–H and O–H groups in total. The van der Waals surface area contributed by atoms with E-state index in [1.807, 2.05) is 0 Å². The lowest BCUT2D eigenvalue weighted by Gasteiger charge is -2.30. The molecule has 1 aromatic heterocycles. The van der Waals surface area contributed by atoms with Crippen LogP contribution in [0.5, 0.6) is 0 Å². The fraction of sp³-hybridized carbons (Fsp3) is 0.274. The monoisotopic (exact) mass is 869 g/mol. The summed E-state index contributed by atoms with van der Waals surface area (Å²) >= 11 is 0. The van der Waals surface area contributed by atoms with Gasteiger partial charge in [0.25, 0.3) is 0 Å². The Morgan fingerprint density at radius 2 is 0.692 bits per heavy atom. The smallest absolute Gasteiger partial charge is 0.181 e. The Bertz CT molecular complexity index is 2500. The predicted octanol–water partition coefficient (Wildman–Crippen LogP) is 15.6. The highest BCUT2D eigenvalue weighted by Crippen LogP contribution is 2.29. The summed E-state index contributed by atoms with van der Waals surface area (Å²) in [6, 6.07) is 64.4. The highest BCUT2D eigenvalue weighted by Gasteiger charge is 2.34. The Morgan fingerprint density at radius 1 is 0.400 bits per heavy atom. The van der Waals surface area contributed by atoms with Crippen LogP contribution in [-0.2, 0) is 12.8 Å². The second-order valence-corrected chi connectivity index (χ2v) is 22.5. The molecule has 0 aliphatic carbocycles. The molecular formula is C62H67NOSi. The average Bonchev–Trinajstić information content (AvgIpc) is 3.93. The SMILES string of the molecule is CCCCC(CC)Cc1ccc(-c2ccc(-c3ccc([Si](C)(c4ccc(-c5ccc(-c6ccc(CC(CC)CCCC)cc6)cc5)cc4)c4ccc(-c5cnco5)cc4)cc3)cc2)cc1. The van der Waals surface area contributed by atoms with Crippen molar-refractivity contribution in [1.82, 2.24) is 4.98 Å². The van der Waals surface area contributed by atoms with Gasteiger partial charge >= 0.3 is 0 Å². The highest BCUT2D eigenvalue weighted by atomic mass is 28.3. The highest BCUT2D eigenvalue weighted by molar-refractivity contribution is 7.10. The van der Waals surface area contributed by atoms with Crippen LogP contribution in [0.2, 0.25) is 6.55 Å². The molecule has 0 amide bonds. The van der Waals surface area contributed by atoms with E-state index in [1.165, 1.54) is 142 Å². The number of aromatic nitrogens is 1. The molecule has 0 saturated carbocycles. The number of benzene rings is 7. The molecular weight excluding hydrogens is 803 g/mol. The largest absolute Gasteiger partial charge is 0.444 e. The van der Waals surface area contributed by atoms with E-state index < -0.39 is 8.07 Å². The van der Waals surface area contributed by atoms with Gasteiger partial charge in [-0.2, -0.15) is 0 Å². The third-order valence-corrected chi connectivity index (χ3v) is 18.7. The summed E-state index contributed by atoms with van der Waals surface area (Å²) in [6.07, 6.45) is 16.0. The molecule has 8 aromatic rings. The lowest BCUT2D eigenvalue weighted by atomic mass is 9.91. The van der Waals surface area contributed by atoms with Crippen LogP contribution in [0.15, 0.2) is 187 Å². The van der Waals surface area contributed by atoms with Crippen LogP contribution in [0.1, 0.15) is 90.2 Å². The minimum absolute atomic E-state index is 0.778. The maximum absolute atomic E-state index is 5.65. The summed E-state index contributed by atoms with van der Waals surface area (Å²) < 4.78 is 5.65. The van der Waals surface area contributed by atoms with Crippen LogP contribution in [0.4, 0.5) is 0 Å². The van der Waals surface area contributed by atoms with Crippen molar-refractivity contribution in [2.75, 3.05) is 0 Å². The fourth-order valence-corrected chi connectivity index (χ4v) is 13.2. The number of nitrogens with zero attached hydrogens (tertiary/aromatic N) is 1. The molecule has 65 heavy (non-hydrogen) atoms. The average molecular weight is 870 g/mol. The zero-order chi connectivity index (χ0) is 45.0. The molecule has 0 fully saturated rings. The van der Waals surface area contributed by atoms with E-state index in [0.717, 1.165) is 23.2 Å². The van der Waals surface area contributed by atoms with Gasteiger partial charge in [-0.05, 0) is 95.9 Å². The molecule has 2 atom stereocenters. The molecule has 0 radical (unpaired) electrons. The van der Waals surface area contributed by atoms with Gasteiger partial charge in [0.1, 0.15) is 8.07 Å². The molecule has 8 rings (SSSR count). The third-order valence-electron chi connectivity index (χ3n) is 14.2. The van der Waals surface area contributed by atoms with Gasteiger partial charge in [-0.1, -0.05) is 255 Å². The first-order valence-electron chi connectivity index (χ1n) is 24.5. The lowest BCUT2D eigenvalue weighted by Crippen LogP contribution is -2.64. The molecule has 0 saturated heterocycles. The first kappa shape index (κ1) is 45.5. The Kier molecular flexibility index (Phi) is 15.2. The van der Waals surface area contributed by atoms with Gasteiger partial charge in [0.15, 0.2) is 12.2 Å². The number of hydrogen-bond donors (Lipinski definition) is 0. The molecule has 0 bridgehead atoms. The summed E-state index contributed by atoms with van der Waals surface area (Å²) in [7, 11) is -2.43. The van der Waals surface area contributed by atoms with Gasteiger partial charge in [-0.25, -0.2) is 4.98 Å². The zero-order valence-corrected chi connectivity index (χ0v) is 40.4. The van der Waals surface area contributed by atoms with Gasteiger partial charge in [-0.15, -0.1) is 0 Å². The molecule has 0 aliphatic heterocycles. The topological polar surface area (TPSA) is 26.0 Å². The third kappa shape index (κ3) is 10.9. The number of unbranched alkanes of at least 4 members (excludes halogenated alkanes) is 2. The molecule has 2 unspecified atom stereocenters. The van der Waals surface area contributed by atoms with Crippen molar-refractivity contribution in [1.29, 1.82) is 0 Å². The zero-order valence-electron chi connectivity index (χ0n) is 39.4. The fourth-order valence-electron chi connectivity index (χ4n) is 9.75. The van der Waals surface area contributed by atoms with Gasteiger partial charge in [0.05, 0.1) is 6.20 Å². The van der Waals surface area contributed by atoms with Crippen LogP contribution in [0.25, 0.3) is 55.8 Å². The van der Waals surface area contributed by atoms with E-state index >= 15 is 0 Å². The van der Waals surface area contributed by atoms with Crippen molar-refractivity contribution >= 4 is 23.6 Å². The quantitative estimate of drug-likeness (QED) is 0.0563. The second-order valence-electron chi connectivity index (χ2n) is 18.5. The van der Waals surface area contributed by atoms with Gasteiger partial charge in [0, 0.05) is 5.56 Å². The molecule has 330 valence electrons. The van der Waals surface area contributed by atoms with Gasteiger partial charge in [-0.3, -0.25) is 0 Å². The van der Waals surface area contributed by atoms with Crippen molar-refractivity contribution in [2.24, 2.45) is 11.8 Å². The summed E-state index contributed by atoms with van der Waals surface area (Å²) in [4.78, 5) is 4.16. The van der Waals surface area contributed by atoms with E-state index in [9.17, 15) is 0 Å². The van der Waals surface area contributed by atoms with Crippen LogP contribution in [-0.4, -0.2) is 13.1 Å². The van der Waals surface area contributed by atoms with Crippen molar-refractivity contribution in [2.45, 2.75) is 98.5 Å². The lowest BCUT2D eigenvalue weighted by molar-refractivity contribution is 0.449. The van der Waals surface area contributed by atoms with Crippen molar-refractivity contribution in [3.05, 3.63) is 194 Å². The molecule has 7 aromatic carbocycles. The van der Waals surface area contributed by atoms with Crippen molar-refractivity contribution in [3.63, 3.8) is 0 Å². The van der Waals surface area contributed by atoms with Crippen LogP contribution >= 0.6 is 0 Å². The van der Waals surface area contributed by atoms with Crippen LogP contribution in [0, 0.1) is 11.8 Å². The summed E-state index contributed by atoms with van der Waals surface area (Å²) in [6.45, 7) is 11.7. The Labute approximate surface area is 390 Å². The normalized spacial score (nSPS) is 13.3. The van der Waals surface area contributed by atoms with E-state index in [-0.39, 0.29) is 0 Å². The standard InChI is InChI=1S/C62H67NOSi/c1-6-10-12-46(8-3)42-48-14-18-50(19-15-48)52-22-26-54(27-23-52)56-30-36-59(37-31-56)65(5,61-40-34-58(35-41-61)62-44-63-45-64-62)60-38-32-57(33-39-60)55-28-24-53(25-29-55)51-20-16-49(17-21-51)43-47(9-4)13-11-7-2/h14-41,44-47H,6-13,42-43H2,1-5H3. The van der Waals surface area contributed by atoms with Crippen LogP contribution < -0.4 is 15.6 Å². The van der Waals surface area contributed by atoms with Crippen LogP contribution in [0.3, 0.4) is 0 Å². The van der Waals surface area contributed by atoms with Gasteiger partial charge in [0.2, 0.25) is 0 Å². The summed E-state index contributed by atoms with van der Waals surface area (Å²) in [5.41, 5.74) is 13.9. The number of hydrogen-bond acceptors (Lipinski definition) is 2. The Hall–Kier alpha value is -6.03. The second kappa shape index (κ2) is 21.8. The van der Waals surface area contributed by atoms with Crippen molar-refractivity contribution in [3.8, 4) is 55.8 Å². The maximum atomic E-state index is 5.65. The predicted molar refractivity (Wildman–Crippen MR) is 281 cm³/mol. The molecule has 0 aliphatic rings. The summed E-state index contributed by atoms with van der Waals surface area (Å²) in [5, 5.41) is 4.10. The minimum atomic E-state index is -2.43. The molecule has 2 nitrogen and oxygen atoms in total. The molecule has 1 heterocycles. The first-order chi connectivity index (χ1) is 31.9. The molecule has 0 spiro atoms. The minimum Gasteiger partial charge on any atom is -0.444 e. The van der Waals surface area contributed by atoms with E-state index in [4.69, 9.17) is 4.42 Å². The van der Waals surface area contributed by atoms with E-state index in [0.29, 0.717) is 0 Å². The van der Waals surface area contributed by atoms with Gasteiger partial charge < -0.3 is 4.42 Å². The first-order valence-corrected chi connectivity index (χ1v) is 27.0. The van der Waals surface area contributed by atoms with E-state index in [1.54, 1.807) is 6.20 Å². The maximum Gasteiger partial charge on any atom is 0.181 e. The van der Waals surface area contributed by atoms with Crippen molar-refractivity contribution < 1.29 is 4.42 Å². The number of oxazole rings is 1. The Balaban J connectivity index is 1.01. The molecule has 3 heteroatoms. The number of rotatable bonds is 20.